The highest BCUT2D eigenvalue weighted by Crippen LogP contribution is 2.13. The van der Waals surface area contributed by atoms with Gasteiger partial charge in [-0.15, -0.1) is 0 Å². The highest BCUT2D eigenvalue weighted by Gasteiger charge is 2.03. The fraction of sp³-hybridized carbons (Fsp3) is 0.188. The first kappa shape index (κ1) is 12.3. The Morgan fingerprint density at radius 3 is 2.61 bits per heavy atom. The molecule has 1 aromatic rings. The molecule has 0 atom stereocenters. The fourth-order valence-corrected chi connectivity index (χ4v) is 1.76. The molecular weight excluding hydrogens is 222 g/mol. The van der Waals surface area contributed by atoms with Crippen LogP contribution < -0.4 is 0 Å². The van der Waals surface area contributed by atoms with Gasteiger partial charge in [0.15, 0.2) is 0 Å². The molecule has 0 radical (unpaired) electrons. The van der Waals surface area contributed by atoms with Gasteiger partial charge >= 0.3 is 0 Å². The quantitative estimate of drug-likeness (QED) is 0.735. The number of benzene rings is 1. The third-order valence-corrected chi connectivity index (χ3v) is 2.68. The van der Waals surface area contributed by atoms with Gasteiger partial charge in [-0.2, -0.15) is 5.26 Å². The average molecular weight is 237 g/mol. The predicted octanol–water partition coefficient (Wildman–Crippen LogP) is 3.40. The lowest BCUT2D eigenvalue weighted by molar-refractivity contribution is 0.144. The lowest BCUT2D eigenvalue weighted by atomic mass is 10.1. The maximum absolute atomic E-state index is 9.04. The molecule has 0 aliphatic heterocycles. The van der Waals surface area contributed by atoms with E-state index in [0.29, 0.717) is 18.8 Å². The summed E-state index contributed by atoms with van der Waals surface area (Å²) in [6.07, 6.45) is 10.0. The van der Waals surface area contributed by atoms with Crippen LogP contribution in [0.1, 0.15) is 5.56 Å². The molecule has 0 spiro atoms. The highest BCUT2D eigenvalue weighted by molar-refractivity contribution is 5.30. The predicted molar refractivity (Wildman–Crippen MR) is 71.6 cm³/mol. The average Bonchev–Trinajstić information content (AvgIpc) is 2.92. The van der Waals surface area contributed by atoms with Crippen molar-refractivity contribution in [2.75, 3.05) is 6.61 Å². The van der Waals surface area contributed by atoms with Crippen LogP contribution in [-0.2, 0) is 11.3 Å². The molecule has 2 nitrogen and oxygen atoms in total. The summed E-state index contributed by atoms with van der Waals surface area (Å²) in [5.74, 6) is 0.236. The normalized spacial score (nSPS) is 14.9. The topological polar surface area (TPSA) is 33.0 Å². The molecule has 1 aromatic carbocycles. The van der Waals surface area contributed by atoms with Crippen molar-refractivity contribution in [2.24, 2.45) is 5.92 Å². The molecular formula is C16H15NO. The van der Waals surface area contributed by atoms with Crippen molar-refractivity contribution >= 4 is 0 Å². The molecule has 0 aromatic heterocycles. The van der Waals surface area contributed by atoms with Crippen molar-refractivity contribution < 1.29 is 4.74 Å². The lowest BCUT2D eigenvalue weighted by Crippen LogP contribution is -1.99. The summed E-state index contributed by atoms with van der Waals surface area (Å²) in [5.41, 5.74) is 1.79. The monoisotopic (exact) mass is 237 g/mol. The summed E-state index contributed by atoms with van der Waals surface area (Å²) in [6.45, 7) is 0.903. The van der Waals surface area contributed by atoms with Crippen LogP contribution >= 0.6 is 0 Å². The van der Waals surface area contributed by atoms with Crippen LogP contribution in [0.2, 0.25) is 0 Å². The Morgan fingerprint density at radius 2 is 1.94 bits per heavy atom. The Morgan fingerprint density at radius 1 is 1.22 bits per heavy atom. The maximum Gasteiger partial charge on any atom is 0.0968 e. The van der Waals surface area contributed by atoms with Crippen molar-refractivity contribution in [3.8, 4) is 6.07 Å². The standard InChI is InChI=1S/C16H15NO/c17-11-16(10-14-6-4-5-7-14)13-18-12-15-8-2-1-3-9-15/h1-10,14H,12-13H2/b16-10+. The molecule has 1 aliphatic rings. The summed E-state index contributed by atoms with van der Waals surface area (Å²) in [6, 6.07) is 12.1. The van der Waals surface area contributed by atoms with E-state index in [1.54, 1.807) is 0 Å². The Balaban J connectivity index is 1.83. The SMILES string of the molecule is N#C/C(=C\C1C=CC=C1)COCc1ccccc1. The van der Waals surface area contributed by atoms with Crippen molar-refractivity contribution in [1.82, 2.24) is 0 Å². The number of ether oxygens (including phenoxy) is 1. The largest absolute Gasteiger partial charge is 0.371 e. The molecule has 0 amide bonds. The lowest BCUT2D eigenvalue weighted by Gasteiger charge is -2.04. The fourth-order valence-electron chi connectivity index (χ4n) is 1.76. The zero-order chi connectivity index (χ0) is 12.6. The Bertz CT molecular complexity index is 494. The molecule has 0 unspecified atom stereocenters. The number of hydrogen-bond donors (Lipinski definition) is 0. The van der Waals surface area contributed by atoms with Gasteiger partial charge in [0.25, 0.3) is 0 Å². The number of nitriles is 1. The van der Waals surface area contributed by atoms with Crippen LogP contribution in [0.4, 0.5) is 0 Å². The second-order valence-corrected chi connectivity index (χ2v) is 4.13. The highest BCUT2D eigenvalue weighted by atomic mass is 16.5. The van der Waals surface area contributed by atoms with E-state index < -0.39 is 0 Å². The van der Waals surface area contributed by atoms with E-state index in [1.807, 2.05) is 48.6 Å². The minimum absolute atomic E-state index is 0.236. The Kier molecular flexibility index (Phi) is 4.52. The molecule has 1 aliphatic carbocycles. The van der Waals surface area contributed by atoms with Crippen molar-refractivity contribution in [3.05, 3.63) is 71.8 Å². The summed E-state index contributed by atoms with van der Waals surface area (Å²) in [4.78, 5) is 0. The minimum atomic E-state index is 0.236. The van der Waals surface area contributed by atoms with Crippen LogP contribution in [0.3, 0.4) is 0 Å². The first-order valence-electron chi connectivity index (χ1n) is 5.96. The van der Waals surface area contributed by atoms with Gasteiger partial charge in [-0.1, -0.05) is 60.7 Å². The van der Waals surface area contributed by atoms with E-state index in [0.717, 1.165) is 5.56 Å². The molecule has 0 heterocycles. The van der Waals surface area contributed by atoms with E-state index in [-0.39, 0.29) is 5.92 Å². The van der Waals surface area contributed by atoms with Gasteiger partial charge in [0, 0.05) is 5.92 Å². The van der Waals surface area contributed by atoms with E-state index in [9.17, 15) is 0 Å². The maximum atomic E-state index is 9.04. The van der Waals surface area contributed by atoms with Gasteiger partial charge in [-0.3, -0.25) is 0 Å². The number of rotatable bonds is 5. The van der Waals surface area contributed by atoms with Gasteiger partial charge in [-0.25, -0.2) is 0 Å². The zero-order valence-corrected chi connectivity index (χ0v) is 10.1. The van der Waals surface area contributed by atoms with E-state index in [1.165, 1.54) is 0 Å². The van der Waals surface area contributed by atoms with E-state index in [2.05, 4.69) is 18.2 Å². The smallest absolute Gasteiger partial charge is 0.0968 e. The third-order valence-electron chi connectivity index (χ3n) is 2.68. The first-order valence-corrected chi connectivity index (χ1v) is 5.96. The summed E-state index contributed by atoms with van der Waals surface area (Å²) >= 11 is 0. The third kappa shape index (κ3) is 3.73. The summed E-state index contributed by atoms with van der Waals surface area (Å²) in [7, 11) is 0. The second kappa shape index (κ2) is 6.58. The van der Waals surface area contributed by atoms with Crippen LogP contribution in [0.5, 0.6) is 0 Å². The Hall–Kier alpha value is -2.11. The number of hydrogen-bond acceptors (Lipinski definition) is 2. The first-order chi connectivity index (χ1) is 8.88. The van der Waals surface area contributed by atoms with Gasteiger partial charge < -0.3 is 4.74 Å². The van der Waals surface area contributed by atoms with Crippen molar-refractivity contribution in [1.29, 1.82) is 5.26 Å². The summed E-state index contributed by atoms with van der Waals surface area (Å²) in [5, 5.41) is 9.04. The van der Waals surface area contributed by atoms with Crippen molar-refractivity contribution in [3.63, 3.8) is 0 Å². The number of nitrogens with zero attached hydrogens (tertiary/aromatic N) is 1. The molecule has 0 N–H and O–H groups in total. The minimum Gasteiger partial charge on any atom is -0.371 e. The molecule has 2 rings (SSSR count). The molecule has 0 saturated carbocycles. The molecule has 0 saturated heterocycles. The van der Waals surface area contributed by atoms with Gasteiger partial charge in [0.05, 0.1) is 24.9 Å². The molecule has 0 fully saturated rings. The van der Waals surface area contributed by atoms with Gasteiger partial charge in [-0.05, 0) is 5.56 Å². The van der Waals surface area contributed by atoms with Crippen LogP contribution in [0.15, 0.2) is 66.3 Å². The second-order valence-electron chi connectivity index (χ2n) is 4.13. The molecule has 2 heteroatoms. The van der Waals surface area contributed by atoms with E-state index in [4.69, 9.17) is 10.00 Å². The van der Waals surface area contributed by atoms with Crippen LogP contribution in [0.25, 0.3) is 0 Å². The number of allylic oxidation sites excluding steroid dienone is 5. The summed E-state index contributed by atoms with van der Waals surface area (Å²) < 4.78 is 5.54. The van der Waals surface area contributed by atoms with Crippen molar-refractivity contribution in [2.45, 2.75) is 6.61 Å². The molecule has 0 bridgehead atoms. The molecule has 90 valence electrons. The van der Waals surface area contributed by atoms with Gasteiger partial charge in [0.1, 0.15) is 0 Å². The zero-order valence-electron chi connectivity index (χ0n) is 10.1. The van der Waals surface area contributed by atoms with Crippen LogP contribution in [0, 0.1) is 17.2 Å². The van der Waals surface area contributed by atoms with Crippen LogP contribution in [-0.4, -0.2) is 6.61 Å². The van der Waals surface area contributed by atoms with E-state index >= 15 is 0 Å². The van der Waals surface area contributed by atoms with Gasteiger partial charge in [0.2, 0.25) is 0 Å². The Labute approximate surface area is 108 Å². The molecule has 18 heavy (non-hydrogen) atoms.